The summed E-state index contributed by atoms with van der Waals surface area (Å²) in [6, 6.07) is 3.68. The van der Waals surface area contributed by atoms with Crippen LogP contribution in [-0.2, 0) is 11.3 Å². The molecule has 5 heteroatoms. The van der Waals surface area contributed by atoms with Gasteiger partial charge >= 0.3 is 0 Å². The van der Waals surface area contributed by atoms with E-state index in [4.69, 9.17) is 9.52 Å². The maximum atomic E-state index is 12.0. The first kappa shape index (κ1) is 15.7. The molecule has 0 aliphatic heterocycles. The van der Waals surface area contributed by atoms with Crippen molar-refractivity contribution in [2.24, 2.45) is 0 Å². The van der Waals surface area contributed by atoms with Crippen LogP contribution in [0.3, 0.4) is 0 Å². The van der Waals surface area contributed by atoms with Gasteiger partial charge in [0.2, 0.25) is 5.91 Å². The summed E-state index contributed by atoms with van der Waals surface area (Å²) in [5, 5.41) is 8.69. The Morgan fingerprint density at radius 3 is 2.74 bits per heavy atom. The number of likely N-dealkylation sites (N-methyl/N-ethyl adjacent to an activating group) is 2. The molecule has 0 aromatic carbocycles. The first-order valence-corrected chi connectivity index (χ1v) is 6.69. The van der Waals surface area contributed by atoms with Crippen molar-refractivity contribution in [3.8, 4) is 0 Å². The SMILES string of the molecule is CN(CCCCCO)CC(=O)N(C)Cc1ccco1. The van der Waals surface area contributed by atoms with Crippen molar-refractivity contribution < 1.29 is 14.3 Å². The highest BCUT2D eigenvalue weighted by atomic mass is 16.3. The van der Waals surface area contributed by atoms with E-state index in [2.05, 4.69) is 0 Å². The molecule has 1 heterocycles. The van der Waals surface area contributed by atoms with Crippen LogP contribution in [0.2, 0.25) is 0 Å². The molecule has 0 fully saturated rings. The minimum atomic E-state index is 0.0843. The summed E-state index contributed by atoms with van der Waals surface area (Å²) in [6.07, 6.45) is 4.45. The van der Waals surface area contributed by atoms with Crippen LogP contribution >= 0.6 is 0 Å². The number of aliphatic hydroxyl groups is 1. The van der Waals surface area contributed by atoms with Gasteiger partial charge in [0.1, 0.15) is 5.76 Å². The minimum absolute atomic E-state index is 0.0843. The second-order valence-electron chi connectivity index (χ2n) is 4.85. The minimum Gasteiger partial charge on any atom is -0.467 e. The van der Waals surface area contributed by atoms with Crippen LogP contribution in [0.1, 0.15) is 25.0 Å². The third-order valence-corrected chi connectivity index (χ3v) is 3.00. The van der Waals surface area contributed by atoms with Crippen LogP contribution in [0.5, 0.6) is 0 Å². The van der Waals surface area contributed by atoms with Gasteiger partial charge < -0.3 is 14.4 Å². The maximum absolute atomic E-state index is 12.0. The lowest BCUT2D eigenvalue weighted by Gasteiger charge is -2.21. The smallest absolute Gasteiger partial charge is 0.236 e. The molecular formula is C14H24N2O3. The molecule has 0 spiro atoms. The van der Waals surface area contributed by atoms with E-state index in [1.54, 1.807) is 18.2 Å². The molecule has 1 rings (SSSR count). The zero-order valence-corrected chi connectivity index (χ0v) is 11.8. The van der Waals surface area contributed by atoms with Crippen LogP contribution in [0, 0.1) is 0 Å². The molecule has 0 saturated carbocycles. The normalized spacial score (nSPS) is 10.9. The molecule has 0 saturated heterocycles. The fourth-order valence-electron chi connectivity index (χ4n) is 1.83. The quantitative estimate of drug-likeness (QED) is 0.687. The van der Waals surface area contributed by atoms with E-state index in [0.29, 0.717) is 13.1 Å². The van der Waals surface area contributed by atoms with E-state index < -0.39 is 0 Å². The standard InChI is InChI=1S/C14H24N2O3/c1-15(8-4-3-5-9-17)12-14(18)16(2)11-13-7-6-10-19-13/h6-7,10,17H,3-5,8-9,11-12H2,1-2H3. The zero-order valence-electron chi connectivity index (χ0n) is 11.8. The second-order valence-corrected chi connectivity index (χ2v) is 4.85. The van der Waals surface area contributed by atoms with Gasteiger partial charge in [-0.1, -0.05) is 0 Å². The van der Waals surface area contributed by atoms with Gasteiger partial charge in [0.25, 0.3) is 0 Å². The average molecular weight is 268 g/mol. The van der Waals surface area contributed by atoms with Crippen LogP contribution in [0.15, 0.2) is 22.8 Å². The van der Waals surface area contributed by atoms with Crippen molar-refractivity contribution in [3.63, 3.8) is 0 Å². The summed E-state index contributed by atoms with van der Waals surface area (Å²) >= 11 is 0. The van der Waals surface area contributed by atoms with Crippen molar-refractivity contribution in [1.82, 2.24) is 9.80 Å². The van der Waals surface area contributed by atoms with E-state index in [9.17, 15) is 4.79 Å². The molecule has 19 heavy (non-hydrogen) atoms. The highest BCUT2D eigenvalue weighted by molar-refractivity contribution is 5.77. The van der Waals surface area contributed by atoms with Crippen molar-refractivity contribution in [3.05, 3.63) is 24.2 Å². The first-order chi connectivity index (χ1) is 9.13. The summed E-state index contributed by atoms with van der Waals surface area (Å²) in [4.78, 5) is 15.7. The summed E-state index contributed by atoms with van der Waals surface area (Å²) in [5.74, 6) is 0.877. The van der Waals surface area contributed by atoms with Crippen LogP contribution in [0.25, 0.3) is 0 Å². The highest BCUT2D eigenvalue weighted by Gasteiger charge is 2.12. The predicted octanol–water partition coefficient (Wildman–Crippen LogP) is 1.33. The second kappa shape index (κ2) is 8.72. The van der Waals surface area contributed by atoms with Gasteiger partial charge in [-0.2, -0.15) is 0 Å². The van der Waals surface area contributed by atoms with E-state index in [1.165, 1.54) is 0 Å². The molecule has 108 valence electrons. The Morgan fingerprint density at radius 1 is 1.32 bits per heavy atom. The summed E-state index contributed by atoms with van der Waals surface area (Å²) in [6.45, 7) is 2.04. The number of carbonyl (C=O) groups excluding carboxylic acids is 1. The number of unbranched alkanes of at least 4 members (excludes halogenated alkanes) is 2. The van der Waals surface area contributed by atoms with Crippen molar-refractivity contribution in [2.75, 3.05) is 33.8 Å². The molecule has 0 aliphatic carbocycles. The Hall–Kier alpha value is -1.33. The Morgan fingerprint density at radius 2 is 2.11 bits per heavy atom. The molecule has 0 aliphatic rings. The number of aliphatic hydroxyl groups excluding tert-OH is 1. The maximum Gasteiger partial charge on any atom is 0.236 e. The monoisotopic (exact) mass is 268 g/mol. The summed E-state index contributed by atoms with van der Waals surface area (Å²) in [5.41, 5.74) is 0. The Balaban J connectivity index is 2.21. The third-order valence-electron chi connectivity index (χ3n) is 3.00. The first-order valence-electron chi connectivity index (χ1n) is 6.69. The van der Waals surface area contributed by atoms with Gasteiger partial charge in [-0.15, -0.1) is 0 Å². The molecular weight excluding hydrogens is 244 g/mol. The predicted molar refractivity (Wildman–Crippen MR) is 73.6 cm³/mol. The van der Waals surface area contributed by atoms with Gasteiger partial charge in [0.05, 0.1) is 19.4 Å². The van der Waals surface area contributed by atoms with E-state index in [-0.39, 0.29) is 12.5 Å². The van der Waals surface area contributed by atoms with E-state index in [1.807, 2.05) is 24.1 Å². The molecule has 1 aromatic rings. The topological polar surface area (TPSA) is 56.9 Å². The molecule has 0 atom stereocenters. The summed E-state index contributed by atoms with van der Waals surface area (Å²) < 4.78 is 5.22. The number of rotatable bonds is 9. The lowest BCUT2D eigenvalue weighted by Crippen LogP contribution is -2.36. The molecule has 0 bridgehead atoms. The molecule has 5 nitrogen and oxygen atoms in total. The summed E-state index contributed by atoms with van der Waals surface area (Å²) in [7, 11) is 3.72. The highest BCUT2D eigenvalue weighted by Crippen LogP contribution is 2.04. The fourth-order valence-corrected chi connectivity index (χ4v) is 1.83. The largest absolute Gasteiger partial charge is 0.467 e. The van der Waals surface area contributed by atoms with Gasteiger partial charge in [-0.3, -0.25) is 9.69 Å². The zero-order chi connectivity index (χ0) is 14.1. The van der Waals surface area contributed by atoms with Gasteiger partial charge in [0, 0.05) is 13.7 Å². The number of furan rings is 1. The lowest BCUT2D eigenvalue weighted by molar-refractivity contribution is -0.131. The Bertz CT molecular complexity index is 352. The van der Waals surface area contributed by atoms with Crippen LogP contribution in [0.4, 0.5) is 0 Å². The number of hydrogen-bond acceptors (Lipinski definition) is 4. The molecule has 0 unspecified atom stereocenters. The number of hydrogen-bond donors (Lipinski definition) is 1. The van der Waals surface area contributed by atoms with E-state index in [0.717, 1.165) is 31.6 Å². The van der Waals surface area contributed by atoms with Crippen molar-refractivity contribution in [1.29, 1.82) is 0 Å². The number of carbonyl (C=O) groups is 1. The van der Waals surface area contributed by atoms with Crippen LogP contribution in [-0.4, -0.2) is 54.6 Å². The number of amides is 1. The Kier molecular flexibility index (Phi) is 7.22. The molecule has 1 aromatic heterocycles. The molecule has 1 amide bonds. The van der Waals surface area contributed by atoms with Crippen molar-refractivity contribution in [2.45, 2.75) is 25.8 Å². The fraction of sp³-hybridized carbons (Fsp3) is 0.643. The van der Waals surface area contributed by atoms with Crippen molar-refractivity contribution >= 4 is 5.91 Å². The third kappa shape index (κ3) is 6.40. The molecule has 0 radical (unpaired) electrons. The average Bonchev–Trinajstić information content (AvgIpc) is 2.87. The van der Waals surface area contributed by atoms with Gasteiger partial charge in [-0.05, 0) is 45.0 Å². The molecule has 1 N–H and O–H groups in total. The van der Waals surface area contributed by atoms with E-state index >= 15 is 0 Å². The van der Waals surface area contributed by atoms with Gasteiger partial charge in [-0.25, -0.2) is 0 Å². The number of nitrogens with zero attached hydrogens (tertiary/aromatic N) is 2. The Labute approximate surface area is 114 Å². The van der Waals surface area contributed by atoms with Gasteiger partial charge in [0.15, 0.2) is 0 Å². The van der Waals surface area contributed by atoms with Crippen LogP contribution < -0.4 is 0 Å². The lowest BCUT2D eigenvalue weighted by atomic mass is 10.2.